The molecule has 0 bridgehead atoms. The van der Waals surface area contributed by atoms with Crippen LogP contribution in [-0.2, 0) is 14.4 Å². The van der Waals surface area contributed by atoms with Crippen LogP contribution in [-0.4, -0.2) is 28.6 Å². The fourth-order valence-electron chi connectivity index (χ4n) is 0.429. The number of hydrogen-bond donors (Lipinski definition) is 1. The molecule has 0 aliphatic rings. The Morgan fingerprint density at radius 3 is 1.38 bits per heavy atom. The van der Waals surface area contributed by atoms with E-state index < -0.39 is 36.3 Å². The number of aliphatic carboxylic acids is 3. The van der Waals surface area contributed by atoms with Crippen LogP contribution >= 0.6 is 0 Å². The van der Waals surface area contributed by atoms with Crippen molar-refractivity contribution in [3.05, 3.63) is 0 Å². The van der Waals surface area contributed by atoms with Crippen molar-refractivity contribution in [2.24, 2.45) is 0 Å². The van der Waals surface area contributed by atoms with E-state index in [0.29, 0.717) is 0 Å². The maximum atomic E-state index is 10.5. The van der Waals surface area contributed by atoms with Gasteiger partial charge in [-0.1, -0.05) is 0 Å². The molecule has 0 unspecified atom stereocenters. The average Bonchev–Trinajstić information content (AvgIpc) is 2.14. The number of carbonyl (C=O) groups is 3. The van der Waals surface area contributed by atoms with Crippen LogP contribution in [0.4, 0.5) is 0 Å². The van der Waals surface area contributed by atoms with Gasteiger partial charge in [0.15, 0.2) is 0 Å². The van der Waals surface area contributed by atoms with Crippen LogP contribution in [0.25, 0.3) is 0 Å². The minimum absolute atomic E-state index is 0. The molecule has 0 atom stereocenters. The zero-order valence-corrected chi connectivity index (χ0v) is 14.9. The molecule has 0 aliphatic heterocycles. The molecule has 0 aromatic carbocycles. The maximum absolute atomic E-state index is 10.5. The second kappa shape index (κ2) is 11.5. The van der Waals surface area contributed by atoms with Gasteiger partial charge in [0.1, 0.15) is 5.60 Å². The summed E-state index contributed by atoms with van der Waals surface area (Å²) in [6, 6.07) is 0. The predicted molar refractivity (Wildman–Crippen MR) is 29.2 cm³/mol. The third-order valence-electron chi connectivity index (χ3n) is 0.861. The zero-order chi connectivity index (χ0) is 14.2. The third-order valence-corrected chi connectivity index (χ3v) is 0.861. The minimum atomic E-state index is -4.52. The van der Waals surface area contributed by atoms with Gasteiger partial charge in [-0.25, -0.2) is 0 Å². The molecule has 0 spiro atoms. The van der Waals surface area contributed by atoms with Gasteiger partial charge in [-0.05, 0) is 0 Å². The van der Waals surface area contributed by atoms with E-state index in [1.807, 2.05) is 0 Å². The second-order valence-corrected chi connectivity index (χ2v) is 1.82. The summed E-state index contributed by atoms with van der Waals surface area (Å²) < 4.78 is 26.9. The molecular formula is C6H5Na3O7. The summed E-state index contributed by atoms with van der Waals surface area (Å²) in [5.41, 5.74) is -4.52. The van der Waals surface area contributed by atoms with Gasteiger partial charge in [0.2, 0.25) is 0 Å². The first-order chi connectivity index (χ1) is 7.33. The van der Waals surface area contributed by atoms with Crippen molar-refractivity contribution in [3.63, 3.8) is 0 Å². The molecule has 0 amide bonds. The predicted octanol–water partition coefficient (Wildman–Crippen LogP) is -14.2. The van der Waals surface area contributed by atoms with Gasteiger partial charge in [0.25, 0.3) is 0 Å². The van der Waals surface area contributed by atoms with Crippen molar-refractivity contribution < 1.29 is 129 Å². The quantitative estimate of drug-likeness (QED) is 0.485. The van der Waals surface area contributed by atoms with Gasteiger partial charge >= 0.3 is 88.7 Å². The van der Waals surface area contributed by atoms with Crippen molar-refractivity contribution in [2.75, 3.05) is 0 Å². The maximum Gasteiger partial charge on any atom is 1.00 e. The first-order valence-electron chi connectivity index (χ1n) is 4.70. The van der Waals surface area contributed by atoms with Crippen LogP contribution in [0.5, 0.6) is 0 Å². The Labute approximate surface area is 163 Å². The molecule has 16 heavy (non-hydrogen) atoms. The molecule has 0 rings (SSSR count). The molecule has 0 aromatic rings. The van der Waals surface area contributed by atoms with Crippen molar-refractivity contribution in [1.29, 1.82) is 0 Å². The standard InChI is InChI=1S/C6H8O7.3Na/c7-3(8)1-6(13,5(11)12)2-4(9)10;;;/h13H,1-2H2,(H,7,8)(H,9,10)(H,11,12);;;/q;3*+1/p-3/i1D2,2D2;;;. The van der Waals surface area contributed by atoms with Gasteiger partial charge in [-0.3, -0.25) is 0 Å². The number of carboxylic acids is 3. The number of hydrogen-bond acceptors (Lipinski definition) is 7. The summed E-state index contributed by atoms with van der Waals surface area (Å²) in [7, 11) is 0. The van der Waals surface area contributed by atoms with Crippen LogP contribution in [0, 0.1) is 0 Å². The minimum Gasteiger partial charge on any atom is -0.550 e. The Balaban J connectivity index is -0.000000427. The second-order valence-electron chi connectivity index (χ2n) is 1.82. The molecule has 0 fully saturated rings. The van der Waals surface area contributed by atoms with Crippen molar-refractivity contribution >= 4 is 17.9 Å². The van der Waals surface area contributed by atoms with Gasteiger partial charge in [0, 0.05) is 30.2 Å². The van der Waals surface area contributed by atoms with Crippen molar-refractivity contribution in [2.45, 2.75) is 18.3 Å². The molecule has 0 radical (unpaired) electrons. The zero-order valence-electron chi connectivity index (χ0n) is 12.9. The molecule has 0 saturated heterocycles. The van der Waals surface area contributed by atoms with E-state index in [0.717, 1.165) is 0 Å². The first kappa shape index (κ1) is 15.4. The molecule has 74 valence electrons. The third kappa shape index (κ3) is 10.5. The Morgan fingerprint density at radius 2 is 1.25 bits per heavy atom. The van der Waals surface area contributed by atoms with Crippen LogP contribution in [0.1, 0.15) is 18.2 Å². The molecule has 0 saturated carbocycles. The van der Waals surface area contributed by atoms with E-state index in [4.69, 9.17) is 5.48 Å². The largest absolute Gasteiger partial charge is 1.00 e. The van der Waals surface area contributed by atoms with Crippen LogP contribution in [0.15, 0.2) is 0 Å². The van der Waals surface area contributed by atoms with E-state index in [9.17, 15) is 34.8 Å². The topological polar surface area (TPSA) is 141 Å². The molecule has 7 nitrogen and oxygen atoms in total. The Bertz CT molecular complexity index is 363. The Kier molecular flexibility index (Phi) is 11.0. The fraction of sp³-hybridized carbons (Fsp3) is 0.500. The van der Waals surface area contributed by atoms with Crippen LogP contribution in [0.3, 0.4) is 0 Å². The van der Waals surface area contributed by atoms with E-state index in [2.05, 4.69) is 0 Å². The first-order valence-corrected chi connectivity index (χ1v) is 2.70. The Hall–Kier alpha value is 1.37. The van der Waals surface area contributed by atoms with Gasteiger partial charge in [-0.2, -0.15) is 0 Å². The fourth-order valence-corrected chi connectivity index (χ4v) is 0.429. The molecule has 10 heteroatoms. The molecule has 1 N–H and O–H groups in total. The monoisotopic (exact) mass is 262 g/mol. The SMILES string of the molecule is [2H]C([2H])(C(=O)[O-])C(O)(C(=O)[O-])C([2H])([2H])C(=O)[O-].[Na+].[Na+].[Na+]. The number of rotatable bonds is 5. The van der Waals surface area contributed by atoms with E-state index in [1.54, 1.807) is 0 Å². The van der Waals surface area contributed by atoms with Crippen LogP contribution < -0.4 is 104 Å². The summed E-state index contributed by atoms with van der Waals surface area (Å²) in [6.07, 6.45) is -8.51. The van der Waals surface area contributed by atoms with E-state index in [-0.39, 0.29) is 88.7 Å². The summed E-state index contributed by atoms with van der Waals surface area (Å²) in [5.74, 6) is -8.62. The van der Waals surface area contributed by atoms with E-state index >= 15 is 0 Å². The summed E-state index contributed by atoms with van der Waals surface area (Å²) >= 11 is 0. The molecule has 0 aliphatic carbocycles. The van der Waals surface area contributed by atoms with Gasteiger partial charge < -0.3 is 34.8 Å². The van der Waals surface area contributed by atoms with Gasteiger partial charge in [-0.15, -0.1) is 0 Å². The van der Waals surface area contributed by atoms with E-state index in [1.165, 1.54) is 0 Å². The Morgan fingerprint density at radius 1 is 1.00 bits per heavy atom. The average molecular weight is 262 g/mol. The van der Waals surface area contributed by atoms with Gasteiger partial charge in [0.05, 0.1) is 5.97 Å². The number of carbonyl (C=O) groups excluding carboxylic acids is 3. The smallest absolute Gasteiger partial charge is 0.550 e. The number of aliphatic hydroxyl groups is 1. The molecular weight excluding hydrogens is 253 g/mol. The molecule has 0 heterocycles. The van der Waals surface area contributed by atoms with Crippen molar-refractivity contribution in [1.82, 2.24) is 0 Å². The normalized spacial score (nSPS) is 14.3. The van der Waals surface area contributed by atoms with Crippen molar-refractivity contribution in [3.8, 4) is 0 Å². The number of carboxylic acid groups (broad SMARTS) is 3. The molecule has 0 aromatic heterocycles. The summed E-state index contributed by atoms with van der Waals surface area (Å²) in [4.78, 5) is 31.1. The summed E-state index contributed by atoms with van der Waals surface area (Å²) in [5, 5.41) is 40.4. The summed E-state index contributed by atoms with van der Waals surface area (Å²) in [6.45, 7) is 0. The van der Waals surface area contributed by atoms with Crippen LogP contribution in [0.2, 0.25) is 0 Å².